The summed E-state index contributed by atoms with van der Waals surface area (Å²) >= 11 is 3.35. The summed E-state index contributed by atoms with van der Waals surface area (Å²) in [7, 11) is -1.34. The molecule has 0 saturated carbocycles. The zero-order valence-corrected chi connectivity index (χ0v) is 20.6. The molecule has 0 saturated heterocycles. The van der Waals surface area contributed by atoms with Gasteiger partial charge in [-0.1, -0.05) is 113 Å². The van der Waals surface area contributed by atoms with E-state index in [4.69, 9.17) is 20.3 Å². The van der Waals surface area contributed by atoms with E-state index in [0.29, 0.717) is 5.46 Å². The third-order valence-electron chi connectivity index (χ3n) is 4.82. The molecule has 0 bridgehead atoms. The molecule has 4 N–H and O–H groups in total. The van der Waals surface area contributed by atoms with Gasteiger partial charge in [0.15, 0.2) is 0 Å². The van der Waals surface area contributed by atoms with Gasteiger partial charge in [0.05, 0.1) is 0 Å². The molecule has 0 fully saturated rings. The van der Waals surface area contributed by atoms with Gasteiger partial charge in [0.25, 0.3) is 0 Å². The minimum Gasteiger partial charge on any atom is -0.423 e. The van der Waals surface area contributed by atoms with Crippen molar-refractivity contribution in [2.75, 3.05) is 13.2 Å². The second kappa shape index (κ2) is 16.0. The number of hydrogen-bond donors (Lipinski definition) is 4. The fourth-order valence-electron chi connectivity index (χ4n) is 3.11. The lowest BCUT2D eigenvalue weighted by atomic mass is 9.81. The van der Waals surface area contributed by atoms with Crippen LogP contribution in [0.15, 0.2) is 114 Å². The number of benzene rings is 4. The van der Waals surface area contributed by atoms with Crippen molar-refractivity contribution in [1.82, 2.24) is 0 Å². The van der Waals surface area contributed by atoms with Crippen LogP contribution in [-0.2, 0) is 12.8 Å². The van der Waals surface area contributed by atoms with Gasteiger partial charge in [-0.05, 0) is 52.7 Å². The molecule has 0 amide bonds. The summed E-state index contributed by atoms with van der Waals surface area (Å²) in [5.41, 5.74) is 5.30. The maximum absolute atomic E-state index is 8.88. The van der Waals surface area contributed by atoms with Gasteiger partial charge in [-0.2, -0.15) is 0 Å². The molecule has 6 heteroatoms. The Morgan fingerprint density at radius 2 is 1.06 bits per heavy atom. The predicted octanol–water partition coefficient (Wildman–Crippen LogP) is 4.24. The van der Waals surface area contributed by atoms with Gasteiger partial charge < -0.3 is 20.3 Å². The molecule has 0 atom stereocenters. The van der Waals surface area contributed by atoms with Gasteiger partial charge in [0, 0.05) is 17.7 Å². The lowest BCUT2D eigenvalue weighted by Gasteiger charge is -2.04. The molecule has 0 radical (unpaired) electrons. The average Bonchev–Trinajstić information content (AvgIpc) is 2.87. The molecule has 0 unspecified atom stereocenters. The van der Waals surface area contributed by atoms with Crippen molar-refractivity contribution in [3.63, 3.8) is 0 Å². The van der Waals surface area contributed by atoms with E-state index in [2.05, 4.69) is 40.2 Å². The normalized spacial score (nSPS) is 9.79. The molecule has 0 aliphatic carbocycles. The van der Waals surface area contributed by atoms with Gasteiger partial charge in [0.1, 0.15) is 0 Å². The van der Waals surface area contributed by atoms with Gasteiger partial charge >= 0.3 is 7.12 Å². The van der Waals surface area contributed by atoms with Gasteiger partial charge in [-0.25, -0.2) is 0 Å². The van der Waals surface area contributed by atoms with Crippen LogP contribution >= 0.6 is 15.9 Å². The zero-order chi connectivity index (χ0) is 24.6. The quantitative estimate of drug-likeness (QED) is 0.287. The van der Waals surface area contributed by atoms with E-state index in [9.17, 15) is 0 Å². The highest BCUT2D eigenvalue weighted by Gasteiger charge is 2.07. The van der Waals surface area contributed by atoms with E-state index < -0.39 is 7.12 Å². The molecule has 0 heterocycles. The van der Waals surface area contributed by atoms with Crippen LogP contribution in [0.1, 0.15) is 11.1 Å². The summed E-state index contributed by atoms with van der Waals surface area (Å²) in [6.07, 6.45) is 1.46. The standard InChI is InChI=1S/C14H14O.C8H9BrO.C6H7BO2/c15-10-9-12-5-4-8-14(11-12)13-6-2-1-3-7-13;9-8-3-1-2-7(6-8)4-5-10;8-7(9)6-4-2-1-3-5-6/h1-8,11,15H,9-10H2;1-3,6,10H,4-5H2;1-5,8-9H. The number of hydrogen-bond acceptors (Lipinski definition) is 4. The smallest absolute Gasteiger partial charge is 0.423 e. The first kappa shape index (κ1) is 27.5. The molecule has 0 aliphatic heterocycles. The minimum atomic E-state index is -1.34. The SMILES string of the molecule is OB(O)c1ccccc1.OCCc1cccc(-c2ccccc2)c1.OCCc1cccc(Br)c1. The Morgan fingerprint density at radius 3 is 1.56 bits per heavy atom. The maximum atomic E-state index is 8.88. The molecular formula is C28H30BBrO4. The Kier molecular flexibility index (Phi) is 12.9. The molecule has 4 aromatic carbocycles. The lowest BCUT2D eigenvalue weighted by molar-refractivity contribution is 0.299. The van der Waals surface area contributed by atoms with Crippen LogP contribution in [0.4, 0.5) is 0 Å². The summed E-state index contributed by atoms with van der Waals surface area (Å²) in [4.78, 5) is 0. The third-order valence-corrected chi connectivity index (χ3v) is 5.32. The molecule has 176 valence electrons. The van der Waals surface area contributed by atoms with E-state index in [1.165, 1.54) is 16.7 Å². The number of rotatable bonds is 6. The zero-order valence-electron chi connectivity index (χ0n) is 19.0. The summed E-state index contributed by atoms with van der Waals surface area (Å²) in [6.45, 7) is 0.425. The topological polar surface area (TPSA) is 80.9 Å². The van der Waals surface area contributed by atoms with Crippen molar-refractivity contribution in [3.05, 3.63) is 125 Å². The van der Waals surface area contributed by atoms with Crippen molar-refractivity contribution < 1.29 is 20.3 Å². The second-order valence-electron chi connectivity index (χ2n) is 7.43. The van der Waals surface area contributed by atoms with Crippen molar-refractivity contribution in [3.8, 4) is 11.1 Å². The molecule has 0 spiro atoms. The number of aliphatic hydroxyl groups is 2. The van der Waals surface area contributed by atoms with Crippen LogP contribution < -0.4 is 5.46 Å². The minimum absolute atomic E-state index is 0.207. The Bertz CT molecular complexity index is 1080. The molecule has 4 rings (SSSR count). The third kappa shape index (κ3) is 10.5. The van der Waals surface area contributed by atoms with Gasteiger partial charge in [-0.3, -0.25) is 0 Å². The van der Waals surface area contributed by atoms with E-state index in [0.717, 1.165) is 22.9 Å². The molecule has 34 heavy (non-hydrogen) atoms. The van der Waals surface area contributed by atoms with Crippen LogP contribution in [0.2, 0.25) is 0 Å². The van der Waals surface area contributed by atoms with Gasteiger partial charge in [0.2, 0.25) is 0 Å². The summed E-state index contributed by atoms with van der Waals surface area (Å²) in [5.74, 6) is 0. The van der Waals surface area contributed by atoms with Crippen molar-refractivity contribution in [2.24, 2.45) is 0 Å². The second-order valence-corrected chi connectivity index (χ2v) is 8.34. The van der Waals surface area contributed by atoms with Crippen LogP contribution in [0.25, 0.3) is 11.1 Å². The Balaban J connectivity index is 0.000000189. The molecule has 0 aromatic heterocycles. The predicted molar refractivity (Wildman–Crippen MR) is 144 cm³/mol. The lowest BCUT2D eigenvalue weighted by Crippen LogP contribution is -2.29. The Labute approximate surface area is 210 Å². The molecular weight excluding hydrogens is 491 g/mol. The highest BCUT2D eigenvalue weighted by Crippen LogP contribution is 2.20. The Morgan fingerprint density at radius 1 is 0.559 bits per heavy atom. The van der Waals surface area contributed by atoms with E-state index in [1.54, 1.807) is 24.3 Å². The first-order valence-corrected chi connectivity index (χ1v) is 11.8. The molecule has 4 nitrogen and oxygen atoms in total. The van der Waals surface area contributed by atoms with Crippen LogP contribution in [0.3, 0.4) is 0 Å². The summed E-state index contributed by atoms with van der Waals surface area (Å²) < 4.78 is 1.07. The average molecular weight is 521 g/mol. The summed E-state index contributed by atoms with van der Waals surface area (Å²) in [6, 6.07) is 35.2. The van der Waals surface area contributed by atoms with E-state index >= 15 is 0 Å². The molecule has 4 aromatic rings. The fourth-order valence-corrected chi connectivity index (χ4v) is 3.56. The summed E-state index contributed by atoms with van der Waals surface area (Å²) in [5, 5.41) is 34.6. The van der Waals surface area contributed by atoms with E-state index in [-0.39, 0.29) is 13.2 Å². The fraction of sp³-hybridized carbons (Fsp3) is 0.143. The highest BCUT2D eigenvalue weighted by atomic mass is 79.9. The number of halogens is 1. The van der Waals surface area contributed by atoms with Crippen LogP contribution in [-0.4, -0.2) is 40.6 Å². The monoisotopic (exact) mass is 520 g/mol. The first-order chi connectivity index (χ1) is 16.5. The Hall–Kier alpha value is -2.74. The first-order valence-electron chi connectivity index (χ1n) is 11.0. The highest BCUT2D eigenvalue weighted by molar-refractivity contribution is 9.10. The van der Waals surface area contributed by atoms with E-state index in [1.807, 2.05) is 60.7 Å². The maximum Gasteiger partial charge on any atom is 0.488 e. The molecule has 0 aliphatic rings. The van der Waals surface area contributed by atoms with Gasteiger partial charge in [-0.15, -0.1) is 0 Å². The van der Waals surface area contributed by atoms with Crippen LogP contribution in [0, 0.1) is 0 Å². The number of aliphatic hydroxyl groups excluding tert-OH is 2. The van der Waals surface area contributed by atoms with Crippen LogP contribution in [0.5, 0.6) is 0 Å². The largest absolute Gasteiger partial charge is 0.488 e. The van der Waals surface area contributed by atoms with Crippen molar-refractivity contribution in [1.29, 1.82) is 0 Å². The van der Waals surface area contributed by atoms with Crippen molar-refractivity contribution >= 4 is 28.5 Å². The van der Waals surface area contributed by atoms with Crippen molar-refractivity contribution in [2.45, 2.75) is 12.8 Å².